The molecule has 0 spiro atoms. The van der Waals surface area contributed by atoms with Gasteiger partial charge in [-0.05, 0) is 30.7 Å². The van der Waals surface area contributed by atoms with Gasteiger partial charge in [0, 0.05) is 39.3 Å². The molecule has 1 amide bonds. The monoisotopic (exact) mass is 299 g/mol. The summed E-state index contributed by atoms with van der Waals surface area (Å²) >= 11 is 0. The molecule has 2 aliphatic rings. The van der Waals surface area contributed by atoms with Crippen LogP contribution in [0.2, 0.25) is 0 Å². The molecule has 6 nitrogen and oxygen atoms in total. The highest BCUT2D eigenvalue weighted by Gasteiger charge is 2.41. The lowest BCUT2D eigenvalue weighted by Gasteiger charge is -2.31. The average molecular weight is 299 g/mol. The number of likely N-dealkylation sites (tertiary alicyclic amines) is 1. The highest BCUT2D eigenvalue weighted by molar-refractivity contribution is 5.87. The molecule has 22 heavy (non-hydrogen) atoms. The second-order valence-corrected chi connectivity index (χ2v) is 6.67. The average Bonchev–Trinajstić information content (AvgIpc) is 3.13. The molecule has 0 aromatic carbocycles. The third kappa shape index (κ3) is 2.05. The largest absolute Gasteiger partial charge is 0.356 e. The summed E-state index contributed by atoms with van der Waals surface area (Å²) in [6.07, 6.45) is 6.43. The number of hydrogen-bond acceptors (Lipinski definition) is 4. The van der Waals surface area contributed by atoms with Crippen LogP contribution in [0.15, 0.2) is 18.6 Å². The summed E-state index contributed by atoms with van der Waals surface area (Å²) in [4.78, 5) is 28.0. The summed E-state index contributed by atoms with van der Waals surface area (Å²) in [6.45, 7) is 0.900. The van der Waals surface area contributed by atoms with Crippen molar-refractivity contribution in [1.29, 1.82) is 0 Å². The smallest absolute Gasteiger partial charge is 0.222 e. The fourth-order valence-corrected chi connectivity index (χ4v) is 4.12. The van der Waals surface area contributed by atoms with Gasteiger partial charge in [-0.2, -0.15) is 0 Å². The summed E-state index contributed by atoms with van der Waals surface area (Å²) in [7, 11) is 4.03. The van der Waals surface area contributed by atoms with Crippen LogP contribution in [0.25, 0.3) is 11.0 Å². The minimum Gasteiger partial charge on any atom is -0.356 e. The normalized spacial score (nSPS) is 28.2. The third-order valence-electron chi connectivity index (χ3n) is 5.40. The first-order valence-corrected chi connectivity index (χ1v) is 7.88. The molecule has 3 heterocycles. The SMILES string of the molecule is CN1CC2C[C@H](N(C)c3ncnc4[nH]ccc34)CC2CC1=O. The van der Waals surface area contributed by atoms with E-state index in [-0.39, 0.29) is 0 Å². The second kappa shape index (κ2) is 4.97. The van der Waals surface area contributed by atoms with Gasteiger partial charge in [0.15, 0.2) is 0 Å². The summed E-state index contributed by atoms with van der Waals surface area (Å²) in [5.41, 5.74) is 0.877. The van der Waals surface area contributed by atoms with E-state index in [1.54, 1.807) is 6.33 Å². The van der Waals surface area contributed by atoms with Crippen LogP contribution in [0.5, 0.6) is 0 Å². The number of fused-ring (bicyclic) bond motifs is 2. The highest BCUT2D eigenvalue weighted by atomic mass is 16.2. The maximum absolute atomic E-state index is 11.9. The van der Waals surface area contributed by atoms with Gasteiger partial charge < -0.3 is 14.8 Å². The molecule has 2 unspecified atom stereocenters. The van der Waals surface area contributed by atoms with Gasteiger partial charge in [-0.3, -0.25) is 4.79 Å². The van der Waals surface area contributed by atoms with Crippen LogP contribution in [-0.2, 0) is 4.79 Å². The van der Waals surface area contributed by atoms with Crippen LogP contribution < -0.4 is 4.90 Å². The van der Waals surface area contributed by atoms with E-state index in [4.69, 9.17) is 0 Å². The van der Waals surface area contributed by atoms with E-state index in [2.05, 4.69) is 26.9 Å². The van der Waals surface area contributed by atoms with E-state index in [1.807, 2.05) is 24.2 Å². The number of carbonyl (C=O) groups is 1. The zero-order valence-electron chi connectivity index (χ0n) is 13.0. The van der Waals surface area contributed by atoms with Crippen LogP contribution >= 0.6 is 0 Å². The molecule has 1 aliphatic carbocycles. The maximum Gasteiger partial charge on any atom is 0.222 e. The topological polar surface area (TPSA) is 65.1 Å². The van der Waals surface area contributed by atoms with Gasteiger partial charge in [0.1, 0.15) is 17.8 Å². The summed E-state index contributed by atoms with van der Waals surface area (Å²) in [5, 5.41) is 1.06. The van der Waals surface area contributed by atoms with E-state index < -0.39 is 0 Å². The molecule has 0 bridgehead atoms. The Bertz CT molecular complexity index is 711. The van der Waals surface area contributed by atoms with Crippen molar-refractivity contribution in [2.75, 3.05) is 25.5 Å². The predicted molar refractivity (Wildman–Crippen MR) is 84.5 cm³/mol. The Morgan fingerprint density at radius 3 is 3.00 bits per heavy atom. The highest BCUT2D eigenvalue weighted by Crippen LogP contribution is 2.41. The zero-order valence-corrected chi connectivity index (χ0v) is 13.0. The number of nitrogens with zero attached hydrogens (tertiary/aromatic N) is 4. The van der Waals surface area contributed by atoms with Gasteiger partial charge in [0.05, 0.1) is 5.39 Å². The summed E-state index contributed by atoms with van der Waals surface area (Å²) in [6, 6.07) is 2.47. The third-order valence-corrected chi connectivity index (χ3v) is 5.40. The van der Waals surface area contributed by atoms with Crippen LogP contribution in [-0.4, -0.2) is 52.4 Å². The molecule has 1 aliphatic heterocycles. The Labute approximate surface area is 129 Å². The van der Waals surface area contributed by atoms with Crippen molar-refractivity contribution in [1.82, 2.24) is 19.9 Å². The predicted octanol–water partition coefficient (Wildman–Crippen LogP) is 1.65. The van der Waals surface area contributed by atoms with Gasteiger partial charge in [-0.15, -0.1) is 0 Å². The van der Waals surface area contributed by atoms with Gasteiger partial charge >= 0.3 is 0 Å². The minimum atomic E-state index is 0.291. The number of aromatic amines is 1. The second-order valence-electron chi connectivity index (χ2n) is 6.67. The molecule has 0 radical (unpaired) electrons. The molecule has 2 aromatic rings. The van der Waals surface area contributed by atoms with Crippen LogP contribution in [0, 0.1) is 11.8 Å². The van der Waals surface area contributed by atoms with E-state index >= 15 is 0 Å². The van der Waals surface area contributed by atoms with E-state index in [0.29, 0.717) is 30.2 Å². The lowest BCUT2D eigenvalue weighted by molar-refractivity contribution is -0.134. The zero-order chi connectivity index (χ0) is 15.3. The standard InChI is InChI=1S/C16H21N5O/c1-20-8-11-6-12(5-10(11)7-14(20)22)21(2)16-13-3-4-17-15(13)18-9-19-16/h3-4,9-12H,5-8H2,1-2H3,(H,17,18,19)/t10?,11?,12-/m1/s1. The summed E-state index contributed by atoms with van der Waals surface area (Å²) < 4.78 is 0. The number of H-pyrrole nitrogens is 1. The Morgan fingerprint density at radius 1 is 1.32 bits per heavy atom. The van der Waals surface area contributed by atoms with E-state index in [9.17, 15) is 4.79 Å². The van der Waals surface area contributed by atoms with Crippen LogP contribution in [0.4, 0.5) is 5.82 Å². The number of carbonyl (C=O) groups excluding carboxylic acids is 1. The van der Waals surface area contributed by atoms with Crippen molar-refractivity contribution >= 4 is 22.8 Å². The minimum absolute atomic E-state index is 0.291. The van der Waals surface area contributed by atoms with Crippen molar-refractivity contribution in [3.8, 4) is 0 Å². The lowest BCUT2D eigenvalue weighted by atomic mass is 9.88. The first-order chi connectivity index (χ1) is 10.6. The number of hydrogen-bond donors (Lipinski definition) is 1. The molecule has 2 fully saturated rings. The number of piperidine rings is 1. The molecule has 1 saturated carbocycles. The molecular formula is C16H21N5O. The fraction of sp³-hybridized carbons (Fsp3) is 0.562. The molecule has 1 N–H and O–H groups in total. The summed E-state index contributed by atoms with van der Waals surface area (Å²) in [5.74, 6) is 2.42. The Kier molecular flexibility index (Phi) is 3.06. The van der Waals surface area contributed by atoms with Crippen LogP contribution in [0.1, 0.15) is 19.3 Å². The quantitative estimate of drug-likeness (QED) is 0.916. The molecule has 3 atom stereocenters. The Hall–Kier alpha value is -2.11. The molecule has 4 rings (SSSR count). The van der Waals surface area contributed by atoms with Crippen molar-refractivity contribution in [2.45, 2.75) is 25.3 Å². The van der Waals surface area contributed by atoms with Gasteiger partial charge in [0.25, 0.3) is 0 Å². The number of rotatable bonds is 2. The maximum atomic E-state index is 11.9. The van der Waals surface area contributed by atoms with E-state index in [1.165, 1.54) is 0 Å². The lowest BCUT2D eigenvalue weighted by Crippen LogP contribution is -2.39. The molecule has 116 valence electrons. The molecule has 1 saturated heterocycles. The molecule has 6 heteroatoms. The number of aromatic nitrogens is 3. The molecular weight excluding hydrogens is 278 g/mol. The van der Waals surface area contributed by atoms with Gasteiger partial charge in [0.2, 0.25) is 5.91 Å². The fourth-order valence-electron chi connectivity index (χ4n) is 4.12. The molecule has 2 aromatic heterocycles. The number of nitrogens with one attached hydrogen (secondary N) is 1. The Balaban J connectivity index is 1.58. The van der Waals surface area contributed by atoms with Crippen LogP contribution in [0.3, 0.4) is 0 Å². The Morgan fingerprint density at radius 2 is 2.14 bits per heavy atom. The van der Waals surface area contributed by atoms with Crippen molar-refractivity contribution in [3.63, 3.8) is 0 Å². The first kappa shape index (κ1) is 13.5. The van der Waals surface area contributed by atoms with Crippen molar-refractivity contribution < 1.29 is 4.79 Å². The van der Waals surface area contributed by atoms with Crippen molar-refractivity contribution in [2.24, 2.45) is 11.8 Å². The van der Waals surface area contributed by atoms with Gasteiger partial charge in [-0.25, -0.2) is 9.97 Å². The number of anilines is 1. The van der Waals surface area contributed by atoms with Crippen molar-refractivity contribution in [3.05, 3.63) is 18.6 Å². The van der Waals surface area contributed by atoms with Gasteiger partial charge in [-0.1, -0.05) is 0 Å². The number of amides is 1. The van der Waals surface area contributed by atoms with E-state index in [0.717, 1.165) is 36.2 Å². The first-order valence-electron chi connectivity index (χ1n) is 7.88.